The summed E-state index contributed by atoms with van der Waals surface area (Å²) in [7, 11) is 0. The van der Waals surface area contributed by atoms with E-state index in [1.807, 2.05) is 26.0 Å². The molecule has 0 spiro atoms. The highest BCUT2D eigenvalue weighted by Gasteiger charge is 2.26. The first-order valence-electron chi connectivity index (χ1n) is 8.31. The molecule has 1 N–H and O–H groups in total. The number of para-hydroxylation sites is 1. The standard InChI is InChI=1S/C17H21ClN4O3/c1-3-15-19-14(21-25-15)9-12-10-22(7-8-24-12)17(23)20-16-11(2)5-4-6-13(16)18/h4-6,12H,3,7-10H2,1-2H3,(H,20,23)/t12-/m1/s1. The number of hydrogen-bond donors (Lipinski definition) is 1. The van der Waals surface area contributed by atoms with Gasteiger partial charge < -0.3 is 19.5 Å². The van der Waals surface area contributed by atoms with Gasteiger partial charge in [0.2, 0.25) is 5.89 Å². The number of hydrogen-bond acceptors (Lipinski definition) is 5. The van der Waals surface area contributed by atoms with Crippen molar-refractivity contribution in [1.29, 1.82) is 0 Å². The lowest BCUT2D eigenvalue weighted by atomic mass is 10.2. The molecule has 2 heterocycles. The van der Waals surface area contributed by atoms with Gasteiger partial charge in [-0.3, -0.25) is 0 Å². The molecule has 0 saturated carbocycles. The second-order valence-corrected chi connectivity index (χ2v) is 6.37. The summed E-state index contributed by atoms with van der Waals surface area (Å²) >= 11 is 6.18. The van der Waals surface area contributed by atoms with E-state index in [0.717, 1.165) is 5.56 Å². The summed E-state index contributed by atoms with van der Waals surface area (Å²) in [6, 6.07) is 5.33. The predicted molar refractivity (Wildman–Crippen MR) is 93.9 cm³/mol. The Hall–Kier alpha value is -2.12. The minimum Gasteiger partial charge on any atom is -0.374 e. The van der Waals surface area contributed by atoms with Crippen molar-refractivity contribution in [2.24, 2.45) is 0 Å². The molecule has 2 aromatic rings. The minimum atomic E-state index is -0.188. The van der Waals surface area contributed by atoms with Gasteiger partial charge in [0.25, 0.3) is 0 Å². The Morgan fingerprint density at radius 2 is 2.32 bits per heavy atom. The molecule has 0 radical (unpaired) electrons. The third-order valence-corrected chi connectivity index (χ3v) is 4.42. The monoisotopic (exact) mass is 364 g/mol. The number of anilines is 1. The van der Waals surface area contributed by atoms with Crippen LogP contribution in [0.1, 0.15) is 24.2 Å². The van der Waals surface area contributed by atoms with Crippen molar-refractivity contribution in [3.05, 3.63) is 40.5 Å². The molecular weight excluding hydrogens is 344 g/mol. The summed E-state index contributed by atoms with van der Waals surface area (Å²) in [5, 5.41) is 7.36. The first kappa shape index (κ1) is 17.7. The lowest BCUT2D eigenvalue weighted by Gasteiger charge is -2.32. The Morgan fingerprint density at radius 1 is 1.48 bits per heavy atom. The smallest absolute Gasteiger partial charge is 0.322 e. The molecule has 1 aromatic carbocycles. The number of nitrogens with one attached hydrogen (secondary N) is 1. The average molecular weight is 365 g/mol. The number of halogens is 1. The Balaban J connectivity index is 1.61. The van der Waals surface area contributed by atoms with Crippen LogP contribution in [0.25, 0.3) is 0 Å². The fourth-order valence-electron chi connectivity index (χ4n) is 2.72. The number of aromatic nitrogens is 2. The van der Waals surface area contributed by atoms with Gasteiger partial charge >= 0.3 is 6.03 Å². The summed E-state index contributed by atoms with van der Waals surface area (Å²) in [6.07, 6.45) is 1.05. The zero-order chi connectivity index (χ0) is 17.8. The molecule has 1 aliphatic rings. The largest absolute Gasteiger partial charge is 0.374 e. The maximum Gasteiger partial charge on any atom is 0.322 e. The molecule has 1 aliphatic heterocycles. The van der Waals surface area contributed by atoms with Crippen LogP contribution in [0, 0.1) is 6.92 Å². The van der Waals surface area contributed by atoms with E-state index in [1.54, 1.807) is 11.0 Å². The molecule has 1 aromatic heterocycles. The van der Waals surface area contributed by atoms with Gasteiger partial charge in [-0.25, -0.2) is 4.79 Å². The molecule has 134 valence electrons. The van der Waals surface area contributed by atoms with Crippen LogP contribution in [-0.2, 0) is 17.6 Å². The maximum atomic E-state index is 12.6. The van der Waals surface area contributed by atoms with Gasteiger partial charge in [0.05, 0.1) is 23.4 Å². The van der Waals surface area contributed by atoms with E-state index in [9.17, 15) is 4.79 Å². The van der Waals surface area contributed by atoms with E-state index in [4.69, 9.17) is 20.9 Å². The van der Waals surface area contributed by atoms with Crippen LogP contribution >= 0.6 is 11.6 Å². The van der Waals surface area contributed by atoms with Crippen molar-refractivity contribution in [3.63, 3.8) is 0 Å². The van der Waals surface area contributed by atoms with Gasteiger partial charge in [-0.05, 0) is 18.6 Å². The topological polar surface area (TPSA) is 80.5 Å². The van der Waals surface area contributed by atoms with Gasteiger partial charge in [-0.1, -0.05) is 35.8 Å². The van der Waals surface area contributed by atoms with Crippen molar-refractivity contribution in [3.8, 4) is 0 Å². The minimum absolute atomic E-state index is 0.158. The van der Waals surface area contributed by atoms with Gasteiger partial charge in [0.1, 0.15) is 0 Å². The Morgan fingerprint density at radius 3 is 3.04 bits per heavy atom. The Labute approximate surface area is 151 Å². The van der Waals surface area contributed by atoms with Crippen LogP contribution in [0.15, 0.2) is 22.7 Å². The summed E-state index contributed by atoms with van der Waals surface area (Å²) in [5.41, 5.74) is 1.56. The number of carbonyl (C=O) groups excluding carboxylic acids is 1. The molecule has 0 unspecified atom stereocenters. The number of rotatable bonds is 4. The Kier molecular flexibility index (Phi) is 5.55. The molecule has 7 nitrogen and oxygen atoms in total. The molecular formula is C17H21ClN4O3. The third-order valence-electron chi connectivity index (χ3n) is 4.10. The lowest BCUT2D eigenvalue weighted by Crippen LogP contribution is -2.48. The van der Waals surface area contributed by atoms with Crippen LogP contribution < -0.4 is 5.32 Å². The molecule has 8 heteroatoms. The average Bonchev–Trinajstić information content (AvgIpc) is 3.06. The van der Waals surface area contributed by atoms with Crippen LogP contribution in [0.3, 0.4) is 0 Å². The number of urea groups is 1. The normalized spacial score (nSPS) is 17.6. The third kappa shape index (κ3) is 4.29. The van der Waals surface area contributed by atoms with Gasteiger partial charge in [-0.2, -0.15) is 4.98 Å². The fraction of sp³-hybridized carbons (Fsp3) is 0.471. The van der Waals surface area contributed by atoms with Gasteiger partial charge in [0, 0.05) is 25.9 Å². The van der Waals surface area contributed by atoms with Gasteiger partial charge in [0.15, 0.2) is 5.82 Å². The number of ether oxygens (including phenoxy) is 1. The zero-order valence-electron chi connectivity index (χ0n) is 14.3. The van der Waals surface area contributed by atoms with Crippen molar-refractivity contribution in [1.82, 2.24) is 15.0 Å². The number of carbonyl (C=O) groups is 1. The number of amides is 2. The highest BCUT2D eigenvalue weighted by atomic mass is 35.5. The van der Waals surface area contributed by atoms with Crippen molar-refractivity contribution < 1.29 is 14.1 Å². The van der Waals surface area contributed by atoms with E-state index in [2.05, 4.69) is 15.5 Å². The first-order valence-corrected chi connectivity index (χ1v) is 8.68. The quantitative estimate of drug-likeness (QED) is 0.901. The second kappa shape index (κ2) is 7.84. The summed E-state index contributed by atoms with van der Waals surface area (Å²) in [4.78, 5) is 18.6. The molecule has 1 saturated heterocycles. The van der Waals surface area contributed by atoms with Crippen molar-refractivity contribution in [2.45, 2.75) is 32.8 Å². The van der Waals surface area contributed by atoms with E-state index >= 15 is 0 Å². The summed E-state index contributed by atoms with van der Waals surface area (Å²) in [5.74, 6) is 1.21. The van der Waals surface area contributed by atoms with Crippen LogP contribution in [0.5, 0.6) is 0 Å². The molecule has 0 aliphatic carbocycles. The van der Waals surface area contributed by atoms with E-state index in [0.29, 0.717) is 55.0 Å². The SMILES string of the molecule is CCc1nc(C[C@@H]2CN(C(=O)Nc3c(C)cccc3Cl)CCO2)no1. The van der Waals surface area contributed by atoms with Crippen LogP contribution in [0.2, 0.25) is 5.02 Å². The molecule has 25 heavy (non-hydrogen) atoms. The summed E-state index contributed by atoms with van der Waals surface area (Å²) < 4.78 is 10.8. The maximum absolute atomic E-state index is 12.6. The fourth-order valence-corrected chi connectivity index (χ4v) is 2.99. The lowest BCUT2D eigenvalue weighted by molar-refractivity contribution is -0.0125. The van der Waals surface area contributed by atoms with Gasteiger partial charge in [-0.15, -0.1) is 0 Å². The molecule has 3 rings (SSSR count). The number of benzene rings is 1. The van der Waals surface area contributed by atoms with Crippen LogP contribution in [0.4, 0.5) is 10.5 Å². The molecule has 1 fully saturated rings. The molecule has 0 bridgehead atoms. The van der Waals surface area contributed by atoms with E-state index in [1.165, 1.54) is 0 Å². The van der Waals surface area contributed by atoms with Crippen molar-refractivity contribution >= 4 is 23.3 Å². The highest BCUT2D eigenvalue weighted by molar-refractivity contribution is 6.33. The van der Waals surface area contributed by atoms with Crippen LogP contribution in [-0.4, -0.2) is 46.9 Å². The number of morpholine rings is 1. The molecule has 2 amide bonds. The first-order chi connectivity index (χ1) is 12.1. The highest BCUT2D eigenvalue weighted by Crippen LogP contribution is 2.25. The van der Waals surface area contributed by atoms with E-state index < -0.39 is 0 Å². The molecule has 1 atom stereocenters. The van der Waals surface area contributed by atoms with E-state index in [-0.39, 0.29) is 12.1 Å². The second-order valence-electron chi connectivity index (χ2n) is 5.96. The predicted octanol–water partition coefficient (Wildman–Crippen LogP) is 3.07. The Bertz CT molecular complexity index is 729. The number of nitrogens with zero attached hydrogens (tertiary/aromatic N) is 3. The zero-order valence-corrected chi connectivity index (χ0v) is 15.0. The summed E-state index contributed by atoms with van der Waals surface area (Å²) in [6.45, 7) is 5.32. The number of aryl methyl sites for hydroxylation is 2. The van der Waals surface area contributed by atoms with Crippen molar-refractivity contribution in [2.75, 3.05) is 25.0 Å².